The Balaban J connectivity index is 2.64. The molecule has 0 aliphatic heterocycles. The van der Waals surface area contributed by atoms with Gasteiger partial charge in [0.15, 0.2) is 0 Å². The zero-order valence-corrected chi connectivity index (χ0v) is 7.71. The molecule has 1 rings (SSSR count). The summed E-state index contributed by atoms with van der Waals surface area (Å²) in [6.45, 7) is 7.80. The molecule has 0 aromatic carbocycles. The van der Waals surface area contributed by atoms with E-state index in [0.717, 1.165) is 12.8 Å². The summed E-state index contributed by atoms with van der Waals surface area (Å²) in [7, 11) is 0. The van der Waals surface area contributed by atoms with Crippen molar-refractivity contribution in [2.75, 3.05) is 0 Å². The fraction of sp³-hybridized carbons (Fsp3) is 0.600. The van der Waals surface area contributed by atoms with Crippen molar-refractivity contribution in [1.82, 2.24) is 0 Å². The molecule has 0 unspecified atom stereocenters. The lowest BCUT2D eigenvalue weighted by Gasteiger charge is -2.29. The minimum atomic E-state index is -0.480. The lowest BCUT2D eigenvalue weighted by molar-refractivity contribution is -0.305. The van der Waals surface area contributed by atoms with Crippen molar-refractivity contribution in [2.45, 2.75) is 32.3 Å². The monoisotopic (exact) mass is 168 g/mol. The molecule has 0 saturated heterocycles. The molecule has 2 nitrogen and oxygen atoms in total. The first-order valence-corrected chi connectivity index (χ1v) is 4.25. The van der Waals surface area contributed by atoms with Crippen molar-refractivity contribution in [3.63, 3.8) is 0 Å². The van der Waals surface area contributed by atoms with Gasteiger partial charge in [-0.05, 0) is 32.6 Å². The van der Waals surface area contributed by atoms with E-state index in [-0.39, 0.29) is 0 Å². The van der Waals surface area contributed by atoms with Crippen LogP contribution in [0.1, 0.15) is 26.7 Å². The Kier molecular flexibility index (Phi) is 2.70. The first-order chi connectivity index (χ1) is 5.57. The number of hydrogen-bond donors (Lipinski definition) is 1. The first kappa shape index (κ1) is 9.49. The lowest BCUT2D eigenvalue weighted by Crippen LogP contribution is -2.28. The second kappa shape index (κ2) is 3.42. The van der Waals surface area contributed by atoms with Gasteiger partial charge in [-0.1, -0.05) is 24.3 Å². The SMILES string of the molecule is C=C(C)[C@H]1C=C[C@@](C)(OO)CC1. The molecule has 0 aromatic rings. The Hall–Kier alpha value is -0.600. The summed E-state index contributed by atoms with van der Waals surface area (Å²) >= 11 is 0. The van der Waals surface area contributed by atoms with Gasteiger partial charge in [-0.2, -0.15) is 0 Å². The summed E-state index contributed by atoms with van der Waals surface area (Å²) in [5, 5.41) is 8.60. The maximum Gasteiger partial charge on any atom is 0.119 e. The van der Waals surface area contributed by atoms with Gasteiger partial charge in [0.1, 0.15) is 5.60 Å². The second-order valence-electron chi connectivity index (χ2n) is 3.75. The fourth-order valence-electron chi connectivity index (χ4n) is 1.43. The first-order valence-electron chi connectivity index (χ1n) is 4.25. The lowest BCUT2D eigenvalue weighted by atomic mass is 9.83. The molecule has 0 amide bonds. The molecule has 0 bridgehead atoms. The third kappa shape index (κ3) is 1.96. The van der Waals surface area contributed by atoms with Crippen LogP contribution in [-0.2, 0) is 4.89 Å². The predicted molar refractivity (Wildman–Crippen MR) is 48.8 cm³/mol. The molecule has 0 saturated carbocycles. The molecule has 1 aliphatic rings. The van der Waals surface area contributed by atoms with Crippen LogP contribution in [0.4, 0.5) is 0 Å². The maximum atomic E-state index is 8.60. The second-order valence-corrected chi connectivity index (χ2v) is 3.75. The van der Waals surface area contributed by atoms with Crippen LogP contribution in [-0.4, -0.2) is 10.9 Å². The Morgan fingerprint density at radius 2 is 2.42 bits per heavy atom. The highest BCUT2D eigenvalue weighted by Crippen LogP contribution is 2.30. The number of allylic oxidation sites excluding steroid dienone is 2. The highest BCUT2D eigenvalue weighted by atomic mass is 17.1. The minimum Gasteiger partial charge on any atom is -0.251 e. The van der Waals surface area contributed by atoms with E-state index in [1.165, 1.54) is 5.57 Å². The zero-order chi connectivity index (χ0) is 9.19. The summed E-state index contributed by atoms with van der Waals surface area (Å²) < 4.78 is 0. The maximum absolute atomic E-state index is 8.60. The van der Waals surface area contributed by atoms with Gasteiger partial charge >= 0.3 is 0 Å². The van der Waals surface area contributed by atoms with Crippen LogP contribution in [0.5, 0.6) is 0 Å². The Labute approximate surface area is 73.5 Å². The van der Waals surface area contributed by atoms with E-state index in [0.29, 0.717) is 5.92 Å². The predicted octanol–water partition coefficient (Wildman–Crippen LogP) is 2.78. The molecule has 2 atom stereocenters. The standard InChI is InChI=1S/C10H16O2/c1-8(2)9-4-6-10(3,12-11)7-5-9/h4,6,9,11H,1,5,7H2,2-3H3/t9-,10+/m0/s1. The third-order valence-electron chi connectivity index (χ3n) is 2.47. The molecule has 0 aromatic heterocycles. The normalized spacial score (nSPS) is 35.1. The third-order valence-corrected chi connectivity index (χ3v) is 2.47. The van der Waals surface area contributed by atoms with Crippen molar-refractivity contribution in [3.8, 4) is 0 Å². The van der Waals surface area contributed by atoms with Crippen molar-refractivity contribution in [2.24, 2.45) is 5.92 Å². The van der Waals surface area contributed by atoms with Gasteiger partial charge in [-0.15, -0.1) is 0 Å². The van der Waals surface area contributed by atoms with Crippen LogP contribution in [0.25, 0.3) is 0 Å². The van der Waals surface area contributed by atoms with E-state index in [1.807, 2.05) is 19.9 Å². The van der Waals surface area contributed by atoms with Crippen molar-refractivity contribution >= 4 is 0 Å². The molecule has 0 spiro atoms. The van der Waals surface area contributed by atoms with E-state index in [1.54, 1.807) is 0 Å². The average Bonchev–Trinajstić information content (AvgIpc) is 2.05. The van der Waals surface area contributed by atoms with E-state index < -0.39 is 5.60 Å². The summed E-state index contributed by atoms with van der Waals surface area (Å²) in [6, 6.07) is 0. The zero-order valence-electron chi connectivity index (χ0n) is 7.71. The largest absolute Gasteiger partial charge is 0.251 e. The molecule has 1 N–H and O–H groups in total. The topological polar surface area (TPSA) is 29.5 Å². The molecule has 2 heteroatoms. The molecular weight excluding hydrogens is 152 g/mol. The van der Waals surface area contributed by atoms with Crippen molar-refractivity contribution in [3.05, 3.63) is 24.3 Å². The van der Waals surface area contributed by atoms with Crippen molar-refractivity contribution < 1.29 is 10.1 Å². The highest BCUT2D eigenvalue weighted by Gasteiger charge is 2.27. The van der Waals surface area contributed by atoms with E-state index >= 15 is 0 Å². The average molecular weight is 168 g/mol. The van der Waals surface area contributed by atoms with Crippen LogP contribution in [0.3, 0.4) is 0 Å². The molecule has 0 fully saturated rings. The van der Waals surface area contributed by atoms with Gasteiger partial charge in [0.25, 0.3) is 0 Å². The fourth-order valence-corrected chi connectivity index (χ4v) is 1.43. The highest BCUT2D eigenvalue weighted by molar-refractivity contribution is 5.14. The smallest absolute Gasteiger partial charge is 0.119 e. The van der Waals surface area contributed by atoms with Gasteiger partial charge in [0.05, 0.1) is 0 Å². The summed E-state index contributed by atoms with van der Waals surface area (Å²) in [4.78, 5) is 4.39. The molecule has 68 valence electrons. The van der Waals surface area contributed by atoms with Gasteiger partial charge < -0.3 is 0 Å². The van der Waals surface area contributed by atoms with Crippen LogP contribution in [0.15, 0.2) is 24.3 Å². The molecule has 0 radical (unpaired) electrons. The van der Waals surface area contributed by atoms with Crippen LogP contribution in [0, 0.1) is 5.92 Å². The van der Waals surface area contributed by atoms with Crippen LogP contribution in [0.2, 0.25) is 0 Å². The van der Waals surface area contributed by atoms with E-state index in [2.05, 4.69) is 17.5 Å². The van der Waals surface area contributed by atoms with Gasteiger partial charge in [-0.25, -0.2) is 4.89 Å². The Morgan fingerprint density at radius 3 is 2.75 bits per heavy atom. The summed E-state index contributed by atoms with van der Waals surface area (Å²) in [6.07, 6.45) is 5.82. The minimum absolute atomic E-state index is 0.452. The molecular formula is C10H16O2. The number of hydrogen-bond acceptors (Lipinski definition) is 2. The van der Waals surface area contributed by atoms with Crippen molar-refractivity contribution in [1.29, 1.82) is 0 Å². The summed E-state index contributed by atoms with van der Waals surface area (Å²) in [5.41, 5.74) is 0.692. The van der Waals surface area contributed by atoms with Gasteiger partial charge in [-0.3, -0.25) is 5.26 Å². The Bertz CT molecular complexity index is 208. The van der Waals surface area contributed by atoms with E-state index in [4.69, 9.17) is 5.26 Å². The molecule has 1 aliphatic carbocycles. The number of rotatable bonds is 2. The van der Waals surface area contributed by atoms with Crippen LogP contribution < -0.4 is 0 Å². The van der Waals surface area contributed by atoms with Gasteiger partial charge in [0.2, 0.25) is 0 Å². The quantitative estimate of drug-likeness (QED) is 0.390. The van der Waals surface area contributed by atoms with Gasteiger partial charge in [0, 0.05) is 0 Å². The van der Waals surface area contributed by atoms with E-state index in [9.17, 15) is 0 Å². The molecule has 12 heavy (non-hydrogen) atoms. The Morgan fingerprint density at radius 1 is 1.75 bits per heavy atom. The molecule has 0 heterocycles. The van der Waals surface area contributed by atoms with Crippen LogP contribution >= 0.6 is 0 Å². The summed E-state index contributed by atoms with van der Waals surface area (Å²) in [5.74, 6) is 0.452.